The van der Waals surface area contributed by atoms with Gasteiger partial charge in [-0.05, 0) is 24.6 Å². The number of ether oxygens (including phenoxy) is 1. The van der Waals surface area contributed by atoms with Crippen LogP contribution in [0.1, 0.15) is 17.1 Å². The Morgan fingerprint density at radius 3 is 2.50 bits per heavy atom. The third-order valence-corrected chi connectivity index (χ3v) is 2.68. The number of aryl methyl sites for hydroxylation is 1. The number of hydrogen-bond donors (Lipinski definition) is 1. The Hall–Kier alpha value is -2.10. The number of hydrogen-bond acceptors (Lipinski definition) is 4. The van der Waals surface area contributed by atoms with Gasteiger partial charge in [-0.15, -0.1) is 0 Å². The Morgan fingerprint density at radius 1 is 1.17 bits per heavy atom. The summed E-state index contributed by atoms with van der Waals surface area (Å²) in [4.78, 5) is 8.87. The Labute approximate surface area is 107 Å². The van der Waals surface area contributed by atoms with E-state index >= 15 is 0 Å². The van der Waals surface area contributed by atoms with Crippen molar-refractivity contribution < 1.29 is 4.74 Å². The number of aromatic nitrogens is 2. The van der Waals surface area contributed by atoms with Crippen LogP contribution in [-0.4, -0.2) is 24.1 Å². The fourth-order valence-electron chi connectivity index (χ4n) is 1.76. The smallest absolute Gasteiger partial charge is 0.135 e. The highest BCUT2D eigenvalue weighted by atomic mass is 16.5. The Kier molecular flexibility index (Phi) is 3.77. The van der Waals surface area contributed by atoms with Gasteiger partial charge in [-0.2, -0.15) is 0 Å². The zero-order valence-corrected chi connectivity index (χ0v) is 10.9. The molecule has 1 heterocycles. The van der Waals surface area contributed by atoms with Crippen LogP contribution in [0.25, 0.3) is 0 Å². The Bertz CT molecular complexity index is 523. The molecule has 0 saturated heterocycles. The molecule has 0 radical (unpaired) electrons. The lowest BCUT2D eigenvalue weighted by Crippen LogP contribution is -2.02. The molecule has 0 atom stereocenters. The third kappa shape index (κ3) is 2.97. The van der Waals surface area contributed by atoms with Crippen LogP contribution in [0.5, 0.6) is 5.75 Å². The quantitative estimate of drug-likeness (QED) is 0.896. The molecule has 1 aromatic carbocycles. The van der Waals surface area contributed by atoms with Crippen LogP contribution in [0.4, 0.5) is 5.82 Å². The molecule has 94 valence electrons. The van der Waals surface area contributed by atoms with Gasteiger partial charge in [0.15, 0.2) is 0 Å². The molecule has 18 heavy (non-hydrogen) atoms. The summed E-state index contributed by atoms with van der Waals surface area (Å²) in [5.74, 6) is 2.54. The number of rotatable bonds is 4. The average Bonchev–Trinajstić information content (AvgIpc) is 2.39. The summed E-state index contributed by atoms with van der Waals surface area (Å²) < 4.78 is 5.13. The van der Waals surface area contributed by atoms with E-state index in [0.29, 0.717) is 0 Å². The van der Waals surface area contributed by atoms with Crippen LogP contribution < -0.4 is 10.1 Å². The summed E-state index contributed by atoms with van der Waals surface area (Å²) in [6.45, 7) is 1.97. The minimum absolute atomic E-state index is 0.723. The summed E-state index contributed by atoms with van der Waals surface area (Å²) in [6, 6.07) is 9.89. The molecule has 0 amide bonds. The largest absolute Gasteiger partial charge is 0.497 e. The van der Waals surface area contributed by atoms with Crippen molar-refractivity contribution in [2.45, 2.75) is 13.3 Å². The maximum atomic E-state index is 5.13. The van der Waals surface area contributed by atoms with Gasteiger partial charge in [-0.3, -0.25) is 0 Å². The zero-order chi connectivity index (χ0) is 13.0. The summed E-state index contributed by atoms with van der Waals surface area (Å²) in [5, 5.41) is 3.04. The van der Waals surface area contributed by atoms with Gasteiger partial charge in [0, 0.05) is 25.2 Å². The molecule has 2 aromatic rings. The van der Waals surface area contributed by atoms with E-state index in [2.05, 4.69) is 15.3 Å². The lowest BCUT2D eigenvalue weighted by atomic mass is 10.1. The molecular formula is C14H17N3O. The first-order chi connectivity index (χ1) is 8.71. The SMILES string of the molecule is CNc1cc(C)nc(Cc2ccc(OC)cc2)n1. The summed E-state index contributed by atoms with van der Waals surface area (Å²) in [5.41, 5.74) is 2.14. The number of anilines is 1. The minimum Gasteiger partial charge on any atom is -0.497 e. The minimum atomic E-state index is 0.723. The van der Waals surface area contributed by atoms with Gasteiger partial charge in [-0.1, -0.05) is 12.1 Å². The molecule has 0 aliphatic carbocycles. The van der Waals surface area contributed by atoms with Crippen LogP contribution in [0.3, 0.4) is 0 Å². The number of methoxy groups -OCH3 is 1. The zero-order valence-electron chi connectivity index (χ0n) is 10.9. The first-order valence-electron chi connectivity index (χ1n) is 5.86. The van der Waals surface area contributed by atoms with Gasteiger partial charge in [0.05, 0.1) is 7.11 Å². The third-order valence-electron chi connectivity index (χ3n) is 2.68. The van der Waals surface area contributed by atoms with Crippen LogP contribution in [0.15, 0.2) is 30.3 Å². The molecule has 0 bridgehead atoms. The van der Waals surface area contributed by atoms with Crippen molar-refractivity contribution in [3.63, 3.8) is 0 Å². The van der Waals surface area contributed by atoms with Crippen molar-refractivity contribution in [1.82, 2.24) is 9.97 Å². The molecule has 0 saturated carbocycles. The summed E-state index contributed by atoms with van der Waals surface area (Å²) >= 11 is 0. The highest BCUT2D eigenvalue weighted by Crippen LogP contribution is 2.14. The predicted molar refractivity (Wildman–Crippen MR) is 72.1 cm³/mol. The molecule has 1 aromatic heterocycles. The van der Waals surface area contributed by atoms with E-state index in [1.54, 1.807) is 7.11 Å². The van der Waals surface area contributed by atoms with Gasteiger partial charge in [0.2, 0.25) is 0 Å². The Morgan fingerprint density at radius 2 is 1.89 bits per heavy atom. The van der Waals surface area contributed by atoms with E-state index in [-0.39, 0.29) is 0 Å². The molecule has 0 unspecified atom stereocenters. The van der Waals surface area contributed by atoms with Crippen molar-refractivity contribution in [3.05, 3.63) is 47.4 Å². The van der Waals surface area contributed by atoms with Crippen molar-refractivity contribution in [1.29, 1.82) is 0 Å². The molecule has 0 spiro atoms. The lowest BCUT2D eigenvalue weighted by Gasteiger charge is -2.06. The van der Waals surface area contributed by atoms with Crippen molar-refractivity contribution in [2.75, 3.05) is 19.5 Å². The summed E-state index contributed by atoms with van der Waals surface area (Å²) in [7, 11) is 3.52. The second-order valence-electron chi connectivity index (χ2n) is 4.09. The fourth-order valence-corrected chi connectivity index (χ4v) is 1.76. The monoisotopic (exact) mass is 243 g/mol. The highest BCUT2D eigenvalue weighted by Gasteiger charge is 2.03. The first kappa shape index (κ1) is 12.4. The van der Waals surface area contributed by atoms with Gasteiger partial charge < -0.3 is 10.1 Å². The summed E-state index contributed by atoms with van der Waals surface area (Å²) in [6.07, 6.45) is 0.723. The van der Waals surface area contributed by atoms with E-state index in [1.807, 2.05) is 44.3 Å². The van der Waals surface area contributed by atoms with Crippen molar-refractivity contribution in [3.8, 4) is 5.75 Å². The normalized spacial score (nSPS) is 10.2. The lowest BCUT2D eigenvalue weighted by molar-refractivity contribution is 0.414. The Balaban J connectivity index is 2.19. The van der Waals surface area contributed by atoms with Gasteiger partial charge in [-0.25, -0.2) is 9.97 Å². The maximum absolute atomic E-state index is 5.13. The second kappa shape index (κ2) is 5.49. The standard InChI is InChI=1S/C14H17N3O/c1-10-8-13(15-2)17-14(16-10)9-11-4-6-12(18-3)7-5-11/h4-8H,9H2,1-3H3,(H,15,16,17). The highest BCUT2D eigenvalue weighted by molar-refractivity contribution is 5.36. The van der Waals surface area contributed by atoms with Crippen LogP contribution in [-0.2, 0) is 6.42 Å². The van der Waals surface area contributed by atoms with Crippen LogP contribution in [0, 0.1) is 6.92 Å². The molecule has 0 aliphatic rings. The van der Waals surface area contributed by atoms with Gasteiger partial charge >= 0.3 is 0 Å². The van der Waals surface area contributed by atoms with E-state index in [0.717, 1.165) is 29.5 Å². The van der Waals surface area contributed by atoms with Crippen LogP contribution >= 0.6 is 0 Å². The molecular weight excluding hydrogens is 226 g/mol. The van der Waals surface area contributed by atoms with E-state index < -0.39 is 0 Å². The maximum Gasteiger partial charge on any atom is 0.135 e. The van der Waals surface area contributed by atoms with E-state index in [9.17, 15) is 0 Å². The molecule has 4 nitrogen and oxygen atoms in total. The van der Waals surface area contributed by atoms with Crippen LogP contribution in [0.2, 0.25) is 0 Å². The molecule has 0 aliphatic heterocycles. The van der Waals surface area contributed by atoms with E-state index in [1.165, 1.54) is 5.56 Å². The number of nitrogens with zero attached hydrogens (tertiary/aromatic N) is 2. The second-order valence-corrected chi connectivity index (χ2v) is 4.09. The topological polar surface area (TPSA) is 47.0 Å². The average molecular weight is 243 g/mol. The predicted octanol–water partition coefficient (Wildman–Crippen LogP) is 2.43. The molecule has 4 heteroatoms. The fraction of sp³-hybridized carbons (Fsp3) is 0.286. The van der Waals surface area contributed by atoms with Crippen molar-refractivity contribution >= 4 is 5.82 Å². The van der Waals surface area contributed by atoms with Crippen molar-refractivity contribution in [2.24, 2.45) is 0 Å². The molecule has 2 rings (SSSR count). The number of benzene rings is 1. The van der Waals surface area contributed by atoms with E-state index in [4.69, 9.17) is 4.74 Å². The van der Waals surface area contributed by atoms with Gasteiger partial charge in [0.1, 0.15) is 17.4 Å². The first-order valence-corrected chi connectivity index (χ1v) is 5.86. The molecule has 0 fully saturated rings. The van der Waals surface area contributed by atoms with Gasteiger partial charge in [0.25, 0.3) is 0 Å². The molecule has 1 N–H and O–H groups in total. The number of nitrogens with one attached hydrogen (secondary N) is 1.